The summed E-state index contributed by atoms with van der Waals surface area (Å²) in [6.07, 6.45) is 0. The third-order valence-corrected chi connectivity index (χ3v) is 8.37. The molecular weight excluding hydrogens is 720 g/mol. The molecule has 0 fully saturated rings. The molecule has 0 unspecified atom stereocenters. The molecule has 23 heteroatoms. The number of phenolic OH excluding ortho intramolecular Hbond substituents is 3. The molecule has 260 valence electrons. The predicted molar refractivity (Wildman–Crippen MR) is 174 cm³/mol. The van der Waals surface area contributed by atoms with Crippen LogP contribution < -0.4 is 0 Å². The monoisotopic (exact) mass is 738 g/mol. The zero-order chi connectivity index (χ0) is 37.2. The van der Waals surface area contributed by atoms with E-state index in [1.807, 2.05) is 0 Å². The van der Waals surface area contributed by atoms with Crippen molar-refractivity contribution in [3.05, 3.63) is 99.1 Å². The van der Waals surface area contributed by atoms with Gasteiger partial charge in [-0.1, -0.05) is 0 Å². The van der Waals surface area contributed by atoms with Gasteiger partial charge in [0.25, 0.3) is 31.6 Å². The van der Waals surface area contributed by atoms with Gasteiger partial charge in [0.2, 0.25) is 0 Å². The summed E-state index contributed by atoms with van der Waals surface area (Å²) in [6.45, 7) is 0. The van der Waals surface area contributed by atoms with Crippen LogP contribution >= 0.6 is 0 Å². The third-order valence-electron chi connectivity index (χ3n) is 6.68. The van der Waals surface area contributed by atoms with Crippen LogP contribution in [0.1, 0.15) is 0 Å². The summed E-state index contributed by atoms with van der Waals surface area (Å²) in [6, 6.07) is 13.2. The number of phenols is 3. The quantitative estimate of drug-likeness (QED) is 0.0401. The Kier molecular flexibility index (Phi) is 9.46. The number of rotatable bonds is 10. The van der Waals surface area contributed by atoms with E-state index in [1.54, 1.807) is 0 Å². The molecule has 21 nitrogen and oxygen atoms in total. The smallest absolute Gasteiger partial charge is 0.296 e. The average molecular weight is 739 g/mol. The molecule has 0 saturated carbocycles. The van der Waals surface area contributed by atoms with Crippen LogP contribution in [0.25, 0.3) is 10.8 Å². The van der Waals surface area contributed by atoms with Crippen LogP contribution in [0.5, 0.6) is 17.2 Å². The number of benzene rings is 5. The number of azo groups is 3. The maximum absolute atomic E-state index is 12.3. The first kappa shape index (κ1) is 35.5. The molecule has 5 aromatic carbocycles. The van der Waals surface area contributed by atoms with Crippen molar-refractivity contribution in [3.63, 3.8) is 0 Å². The van der Waals surface area contributed by atoms with Gasteiger partial charge < -0.3 is 15.3 Å². The Labute approximate surface area is 284 Å². The van der Waals surface area contributed by atoms with E-state index >= 15 is 0 Å². The molecule has 5 rings (SSSR count). The van der Waals surface area contributed by atoms with Crippen LogP contribution in [0, 0.1) is 20.2 Å². The summed E-state index contributed by atoms with van der Waals surface area (Å²) in [5, 5.41) is 75.7. The Morgan fingerprint density at radius 3 is 1.49 bits per heavy atom. The second-order valence-corrected chi connectivity index (χ2v) is 12.9. The van der Waals surface area contributed by atoms with Crippen LogP contribution in [0.3, 0.4) is 0 Å². The molecule has 0 aromatic heterocycles. The molecule has 5 aromatic rings. The molecule has 51 heavy (non-hydrogen) atoms. The Hall–Kier alpha value is -6.82. The summed E-state index contributed by atoms with van der Waals surface area (Å²) >= 11 is 0. The van der Waals surface area contributed by atoms with E-state index in [1.165, 1.54) is 12.1 Å². The second-order valence-electron chi connectivity index (χ2n) is 10.0. The molecule has 0 spiro atoms. The second kappa shape index (κ2) is 13.6. The van der Waals surface area contributed by atoms with Crippen molar-refractivity contribution in [1.29, 1.82) is 0 Å². The molecule has 0 saturated heterocycles. The van der Waals surface area contributed by atoms with Gasteiger partial charge in [-0.05, 0) is 47.9 Å². The molecule has 0 aliphatic rings. The fourth-order valence-corrected chi connectivity index (χ4v) is 5.48. The number of non-ortho nitro benzene ring substituents is 2. The van der Waals surface area contributed by atoms with Crippen LogP contribution in [0.4, 0.5) is 45.5 Å². The number of nitro benzene ring substituents is 2. The van der Waals surface area contributed by atoms with Crippen molar-refractivity contribution in [2.24, 2.45) is 30.7 Å². The van der Waals surface area contributed by atoms with Gasteiger partial charge in [-0.15, -0.1) is 20.5 Å². The number of aromatic hydroxyl groups is 3. The average Bonchev–Trinajstić information content (AvgIpc) is 3.06. The minimum atomic E-state index is -5.21. The summed E-state index contributed by atoms with van der Waals surface area (Å²) in [4.78, 5) is 18.6. The number of nitrogens with zero attached hydrogens (tertiary/aromatic N) is 8. The fraction of sp³-hybridized carbons (Fsp3) is 0. The highest BCUT2D eigenvalue weighted by atomic mass is 32.2. The zero-order valence-corrected chi connectivity index (χ0v) is 26.5. The Bertz CT molecular complexity index is 2560. The molecule has 0 aliphatic heterocycles. The minimum Gasteiger partial charge on any atom is -0.505 e. The van der Waals surface area contributed by atoms with Crippen molar-refractivity contribution in [1.82, 2.24) is 0 Å². The van der Waals surface area contributed by atoms with Gasteiger partial charge >= 0.3 is 0 Å². The Balaban J connectivity index is 1.64. The van der Waals surface area contributed by atoms with Gasteiger partial charge in [0.1, 0.15) is 33.5 Å². The lowest BCUT2D eigenvalue weighted by Crippen LogP contribution is -2.01. The highest BCUT2D eigenvalue weighted by molar-refractivity contribution is 7.86. The van der Waals surface area contributed by atoms with Crippen LogP contribution in [-0.2, 0) is 20.2 Å². The minimum absolute atomic E-state index is 0.0487. The van der Waals surface area contributed by atoms with E-state index in [-0.39, 0.29) is 28.4 Å². The van der Waals surface area contributed by atoms with E-state index < -0.39 is 85.0 Å². The third kappa shape index (κ3) is 7.92. The summed E-state index contributed by atoms with van der Waals surface area (Å²) < 4.78 is 68.5. The van der Waals surface area contributed by atoms with Crippen LogP contribution in [0.15, 0.2) is 119 Å². The van der Waals surface area contributed by atoms with Crippen molar-refractivity contribution in [2.75, 3.05) is 0 Å². The van der Waals surface area contributed by atoms with Crippen LogP contribution in [-0.4, -0.2) is 51.1 Å². The van der Waals surface area contributed by atoms with Gasteiger partial charge in [-0.3, -0.25) is 29.3 Å². The lowest BCUT2D eigenvalue weighted by Gasteiger charge is -2.12. The number of hydrogen-bond donors (Lipinski definition) is 5. The zero-order valence-electron chi connectivity index (χ0n) is 24.9. The first-order chi connectivity index (χ1) is 23.9. The number of nitro groups is 2. The van der Waals surface area contributed by atoms with E-state index in [0.29, 0.717) is 6.07 Å². The Morgan fingerprint density at radius 1 is 0.549 bits per heavy atom. The molecule has 5 N–H and O–H groups in total. The topological polar surface area (TPSA) is 330 Å². The van der Waals surface area contributed by atoms with Crippen LogP contribution in [0.2, 0.25) is 0 Å². The van der Waals surface area contributed by atoms with Gasteiger partial charge in [-0.2, -0.15) is 27.1 Å². The lowest BCUT2D eigenvalue weighted by atomic mass is 10.1. The maximum Gasteiger partial charge on any atom is 0.296 e. The van der Waals surface area contributed by atoms with E-state index in [9.17, 15) is 61.5 Å². The van der Waals surface area contributed by atoms with Crippen molar-refractivity contribution in [2.45, 2.75) is 9.79 Å². The normalized spacial score (nSPS) is 12.4. The number of hydrogen-bond acceptors (Lipinski definition) is 17. The van der Waals surface area contributed by atoms with Gasteiger partial charge in [-0.25, -0.2) is 0 Å². The molecule has 0 bridgehead atoms. The number of fused-ring (bicyclic) bond motifs is 1. The SMILES string of the molecule is O=[N+]([O-])c1ccc(N=Nc2cc(N=Nc3cc(S(=O)(=O)O)cc4cc(S(=O)(=O)O)c(N=Nc5ccc([N+](=O)[O-])cc5)c(O)c34)c(O)cc2O)cc1. The maximum atomic E-state index is 12.3. The largest absolute Gasteiger partial charge is 0.505 e. The summed E-state index contributed by atoms with van der Waals surface area (Å²) in [5.74, 6) is -2.31. The summed E-state index contributed by atoms with van der Waals surface area (Å²) in [5.41, 5.74) is -2.55. The molecule has 0 atom stereocenters. The molecule has 0 radical (unpaired) electrons. The lowest BCUT2D eigenvalue weighted by molar-refractivity contribution is -0.385. The van der Waals surface area contributed by atoms with Gasteiger partial charge in [0.15, 0.2) is 5.75 Å². The first-order valence-electron chi connectivity index (χ1n) is 13.5. The van der Waals surface area contributed by atoms with Crippen molar-refractivity contribution < 1.29 is 51.1 Å². The predicted octanol–water partition coefficient (Wildman–Crippen LogP) is 7.51. The van der Waals surface area contributed by atoms with Crippen molar-refractivity contribution >= 4 is 76.5 Å². The van der Waals surface area contributed by atoms with E-state index in [2.05, 4.69) is 30.7 Å². The standard InChI is InChI=1S/C28H18N8O13S2/c37-23-13-24(38)21(12-20(23)31-29-15-1-5-17(6-2-15)35(40)41)32-33-22-11-19(50(44,45)46)9-14-10-25(51(47,48)49)27(28(39)26(14)22)34-30-16-3-7-18(8-4-16)36(42)43/h1-13,37-39H,(H,44,45,46)(H,47,48,49). The molecule has 0 heterocycles. The fourth-order valence-electron chi connectivity index (χ4n) is 4.28. The highest BCUT2D eigenvalue weighted by Crippen LogP contribution is 2.47. The van der Waals surface area contributed by atoms with E-state index in [4.69, 9.17) is 0 Å². The summed E-state index contributed by atoms with van der Waals surface area (Å²) in [7, 11) is -10.2. The molecular formula is C28H18N8O13S2. The molecule has 0 amide bonds. The van der Waals surface area contributed by atoms with Crippen molar-refractivity contribution in [3.8, 4) is 17.2 Å². The van der Waals surface area contributed by atoms with E-state index in [0.717, 1.165) is 60.7 Å². The van der Waals surface area contributed by atoms with Gasteiger partial charge in [0, 0.05) is 36.4 Å². The van der Waals surface area contributed by atoms with Gasteiger partial charge in [0.05, 0.1) is 37.2 Å². The highest BCUT2D eigenvalue weighted by Gasteiger charge is 2.26. The molecule has 0 aliphatic carbocycles. The Morgan fingerprint density at radius 2 is 1.02 bits per heavy atom. The first-order valence-corrected chi connectivity index (χ1v) is 16.4.